The van der Waals surface area contributed by atoms with E-state index < -0.39 is 9.04 Å². The van der Waals surface area contributed by atoms with E-state index in [1.165, 1.54) is 12.8 Å². The molecule has 1 atom stereocenters. The zero-order chi connectivity index (χ0) is 12.4. The first-order valence-electron chi connectivity index (χ1n) is 6.33. The molecule has 0 N–H and O–H groups in total. The molecule has 1 radical (unpaired) electrons. The predicted molar refractivity (Wildman–Crippen MR) is 70.1 cm³/mol. The van der Waals surface area contributed by atoms with Gasteiger partial charge in [-0.25, -0.2) is 0 Å². The van der Waals surface area contributed by atoms with Crippen LogP contribution < -0.4 is 0 Å². The van der Waals surface area contributed by atoms with Crippen LogP contribution in [0.3, 0.4) is 0 Å². The van der Waals surface area contributed by atoms with Crippen LogP contribution in [0.1, 0.15) is 54.4 Å². The van der Waals surface area contributed by atoms with Gasteiger partial charge < -0.3 is 9.16 Å². The molecule has 0 saturated carbocycles. The van der Waals surface area contributed by atoms with Gasteiger partial charge in [0.15, 0.2) is 0 Å². The Bertz CT molecular complexity index is 195. The molecule has 0 bridgehead atoms. The van der Waals surface area contributed by atoms with Gasteiger partial charge in [-0.1, -0.05) is 41.5 Å². The second kappa shape index (κ2) is 5.19. The topological polar surface area (TPSA) is 18.5 Å². The van der Waals surface area contributed by atoms with E-state index in [1.807, 2.05) is 0 Å². The largest absolute Gasteiger partial charge is 0.413 e. The Morgan fingerprint density at radius 2 is 1.69 bits per heavy atom. The van der Waals surface area contributed by atoms with Gasteiger partial charge in [-0.15, -0.1) is 0 Å². The predicted octanol–water partition coefficient (Wildman–Crippen LogP) is 3.77. The maximum atomic E-state index is 6.23. The Morgan fingerprint density at radius 1 is 1.12 bits per heavy atom. The van der Waals surface area contributed by atoms with Crippen molar-refractivity contribution < 1.29 is 9.16 Å². The molecule has 0 aromatic rings. The smallest absolute Gasteiger partial charge is 0.222 e. The summed E-state index contributed by atoms with van der Waals surface area (Å²) in [6.07, 6.45) is 2.72. The molecule has 1 fully saturated rings. The molecule has 0 amide bonds. The Kier molecular flexibility index (Phi) is 4.61. The lowest BCUT2D eigenvalue weighted by Crippen LogP contribution is -2.40. The molecule has 1 unspecified atom stereocenters. The molecule has 1 heterocycles. The van der Waals surface area contributed by atoms with Gasteiger partial charge in [0.05, 0.1) is 12.7 Å². The van der Waals surface area contributed by atoms with Crippen molar-refractivity contribution in [3.8, 4) is 0 Å². The first kappa shape index (κ1) is 14.2. The van der Waals surface area contributed by atoms with Crippen molar-refractivity contribution in [3.63, 3.8) is 0 Å². The van der Waals surface area contributed by atoms with Crippen molar-refractivity contribution >= 4 is 9.04 Å². The molecule has 0 aliphatic carbocycles. The lowest BCUT2D eigenvalue weighted by Gasteiger charge is -2.38. The van der Waals surface area contributed by atoms with Crippen molar-refractivity contribution in [3.05, 3.63) is 0 Å². The fourth-order valence-electron chi connectivity index (χ4n) is 2.51. The molecule has 1 rings (SSSR count). The molecule has 1 aliphatic rings. The number of hydrogen-bond donors (Lipinski definition) is 0. The third-order valence-corrected chi connectivity index (χ3v) is 5.98. The lowest BCUT2D eigenvalue weighted by atomic mass is 10.2. The van der Waals surface area contributed by atoms with Crippen LogP contribution in [0, 0.1) is 0 Å². The van der Waals surface area contributed by atoms with E-state index in [2.05, 4.69) is 41.5 Å². The fraction of sp³-hybridized carbons (Fsp3) is 1.00. The van der Waals surface area contributed by atoms with Crippen LogP contribution in [-0.2, 0) is 9.16 Å². The molecular formula is C13H27O2Si. The fourth-order valence-corrected chi connectivity index (χ4v) is 5.98. The average molecular weight is 243 g/mol. The van der Waals surface area contributed by atoms with E-state index in [1.54, 1.807) is 0 Å². The van der Waals surface area contributed by atoms with Crippen LogP contribution in [0.15, 0.2) is 0 Å². The molecule has 2 nitrogen and oxygen atoms in total. The van der Waals surface area contributed by atoms with E-state index in [9.17, 15) is 0 Å². The minimum atomic E-state index is -0.843. The Balaban J connectivity index is 2.51. The van der Waals surface area contributed by atoms with E-state index >= 15 is 0 Å². The van der Waals surface area contributed by atoms with Crippen molar-refractivity contribution in [1.82, 2.24) is 0 Å². The molecular weight excluding hydrogens is 216 g/mol. The van der Waals surface area contributed by atoms with Crippen LogP contribution in [0.2, 0.25) is 10.1 Å². The normalized spacial score (nSPS) is 23.1. The monoisotopic (exact) mass is 243 g/mol. The second-order valence-corrected chi connectivity index (χ2v) is 10.7. The standard InChI is InChI=1S/C13H27O2Si/c1-12(2,3)16(13(4,5)6)15-10-11-8-7-9-14-11/h11H,7-10H2,1-6H3. The Morgan fingerprint density at radius 3 is 2.06 bits per heavy atom. The van der Waals surface area contributed by atoms with Crippen LogP contribution >= 0.6 is 0 Å². The van der Waals surface area contributed by atoms with Gasteiger partial charge in [-0.2, -0.15) is 0 Å². The van der Waals surface area contributed by atoms with Gasteiger partial charge in [0.25, 0.3) is 0 Å². The molecule has 1 saturated heterocycles. The highest BCUT2D eigenvalue weighted by Crippen LogP contribution is 2.42. The number of ether oxygens (including phenoxy) is 1. The number of rotatable bonds is 3. The minimum Gasteiger partial charge on any atom is -0.413 e. The van der Waals surface area contributed by atoms with Gasteiger partial charge in [0.1, 0.15) is 0 Å². The van der Waals surface area contributed by atoms with Crippen LogP contribution in [0.4, 0.5) is 0 Å². The SMILES string of the molecule is CC(C)(C)[Si](OCC1CCCO1)C(C)(C)C. The third kappa shape index (κ3) is 4.19. The van der Waals surface area contributed by atoms with E-state index in [0.717, 1.165) is 13.2 Å². The van der Waals surface area contributed by atoms with Crippen LogP contribution in [0.25, 0.3) is 0 Å². The van der Waals surface area contributed by atoms with Crippen LogP contribution in [-0.4, -0.2) is 28.4 Å². The molecule has 0 aromatic heterocycles. The summed E-state index contributed by atoms with van der Waals surface area (Å²) in [6, 6.07) is 0. The van der Waals surface area contributed by atoms with Crippen molar-refractivity contribution in [2.24, 2.45) is 0 Å². The zero-order valence-electron chi connectivity index (χ0n) is 11.7. The van der Waals surface area contributed by atoms with E-state index in [-0.39, 0.29) is 10.1 Å². The summed E-state index contributed by atoms with van der Waals surface area (Å²) in [5.74, 6) is 0. The Hall–Kier alpha value is 0.137. The maximum absolute atomic E-state index is 6.23. The Labute approximate surface area is 102 Å². The molecule has 3 heteroatoms. The summed E-state index contributed by atoms with van der Waals surface area (Å²) in [5, 5.41) is 0.559. The summed E-state index contributed by atoms with van der Waals surface area (Å²) in [7, 11) is -0.843. The van der Waals surface area contributed by atoms with Gasteiger partial charge in [0, 0.05) is 6.61 Å². The third-order valence-electron chi connectivity index (χ3n) is 2.80. The summed E-state index contributed by atoms with van der Waals surface area (Å²) < 4.78 is 11.9. The van der Waals surface area contributed by atoms with Crippen molar-refractivity contribution in [2.45, 2.75) is 70.6 Å². The lowest BCUT2D eigenvalue weighted by molar-refractivity contribution is 0.0634. The van der Waals surface area contributed by atoms with Crippen molar-refractivity contribution in [1.29, 1.82) is 0 Å². The van der Waals surface area contributed by atoms with E-state index in [4.69, 9.17) is 9.16 Å². The first-order chi connectivity index (χ1) is 7.21. The maximum Gasteiger partial charge on any atom is 0.222 e. The molecule has 16 heavy (non-hydrogen) atoms. The van der Waals surface area contributed by atoms with Gasteiger partial charge >= 0.3 is 0 Å². The van der Waals surface area contributed by atoms with Gasteiger partial charge in [-0.3, -0.25) is 0 Å². The van der Waals surface area contributed by atoms with Gasteiger partial charge in [-0.05, 0) is 22.9 Å². The quantitative estimate of drug-likeness (QED) is 0.702. The highest BCUT2D eigenvalue weighted by molar-refractivity contribution is 6.58. The molecule has 1 aliphatic heterocycles. The molecule has 95 valence electrons. The summed E-state index contributed by atoms with van der Waals surface area (Å²) in [4.78, 5) is 0. The van der Waals surface area contributed by atoms with Crippen LogP contribution in [0.5, 0.6) is 0 Å². The summed E-state index contributed by atoms with van der Waals surface area (Å²) >= 11 is 0. The van der Waals surface area contributed by atoms with Gasteiger partial charge in [0.2, 0.25) is 9.04 Å². The first-order valence-corrected chi connectivity index (χ1v) is 7.74. The summed E-state index contributed by atoms with van der Waals surface area (Å²) in [5.41, 5.74) is 0. The highest BCUT2D eigenvalue weighted by Gasteiger charge is 2.39. The average Bonchev–Trinajstić information content (AvgIpc) is 2.51. The van der Waals surface area contributed by atoms with E-state index in [0.29, 0.717) is 6.10 Å². The van der Waals surface area contributed by atoms with Crippen molar-refractivity contribution in [2.75, 3.05) is 13.2 Å². The molecule has 0 spiro atoms. The number of hydrogen-bond acceptors (Lipinski definition) is 2. The minimum absolute atomic E-state index is 0.279. The summed E-state index contributed by atoms with van der Waals surface area (Å²) in [6.45, 7) is 15.5. The second-order valence-electron chi connectivity index (χ2n) is 6.78. The molecule has 0 aromatic carbocycles. The zero-order valence-corrected chi connectivity index (χ0v) is 12.7. The highest BCUT2D eigenvalue weighted by atomic mass is 28.3.